The van der Waals surface area contributed by atoms with Crippen LogP contribution in [0.4, 0.5) is 0 Å². The fourth-order valence-corrected chi connectivity index (χ4v) is 2.81. The van der Waals surface area contributed by atoms with Crippen LogP contribution in [-0.2, 0) is 21.7 Å². The third-order valence-electron chi connectivity index (χ3n) is 5.26. The highest BCUT2D eigenvalue weighted by Gasteiger charge is 2.16. The molecule has 0 aromatic carbocycles. The standard InChI is InChI=1S/4C8H12N2.2CH4/c1-8(2,3)7-6-9-4-5-10-7;1-8(2,3)7-4-5-9-6-10-7;1-8(2,3)7-9-5-4-6-10-7;1-8(2,3)7-5-4-6-9-10-7;;/h4*4-6H,1-3H3;2*1H4. The summed E-state index contributed by atoms with van der Waals surface area (Å²) in [6.45, 7) is 25.4. The van der Waals surface area contributed by atoms with Crippen molar-refractivity contribution in [1.29, 1.82) is 0 Å². The van der Waals surface area contributed by atoms with Crippen LogP contribution in [0.3, 0.4) is 0 Å². The molecule has 8 heteroatoms. The molecule has 8 nitrogen and oxygen atoms in total. The molecule has 0 spiro atoms. The van der Waals surface area contributed by atoms with Crippen molar-refractivity contribution >= 4 is 0 Å². The molecule has 4 rings (SSSR count). The first-order valence-corrected chi connectivity index (χ1v) is 13.5. The van der Waals surface area contributed by atoms with Gasteiger partial charge in [0, 0.05) is 70.7 Å². The Hall–Kier alpha value is -3.68. The molecule has 0 N–H and O–H groups in total. The average molecular weight is 577 g/mol. The summed E-state index contributed by atoms with van der Waals surface area (Å²) in [7, 11) is 0. The highest BCUT2D eigenvalue weighted by Crippen LogP contribution is 2.19. The lowest BCUT2D eigenvalue weighted by Crippen LogP contribution is -2.14. The predicted molar refractivity (Wildman–Crippen MR) is 176 cm³/mol. The lowest BCUT2D eigenvalue weighted by atomic mass is 9.92. The van der Waals surface area contributed by atoms with Crippen molar-refractivity contribution in [3.63, 3.8) is 0 Å². The van der Waals surface area contributed by atoms with Gasteiger partial charge in [0.25, 0.3) is 0 Å². The van der Waals surface area contributed by atoms with Crippen LogP contribution in [0.1, 0.15) is 121 Å². The van der Waals surface area contributed by atoms with Crippen LogP contribution in [0.25, 0.3) is 0 Å². The van der Waals surface area contributed by atoms with Crippen LogP contribution in [0.2, 0.25) is 0 Å². The second-order valence-electron chi connectivity index (χ2n) is 13.4. The maximum absolute atomic E-state index is 4.19. The maximum atomic E-state index is 4.19. The molecule has 0 saturated carbocycles. The summed E-state index contributed by atoms with van der Waals surface area (Å²) >= 11 is 0. The topological polar surface area (TPSA) is 103 Å². The normalized spacial score (nSPS) is 11.0. The van der Waals surface area contributed by atoms with Crippen molar-refractivity contribution < 1.29 is 0 Å². The van der Waals surface area contributed by atoms with Gasteiger partial charge in [0.1, 0.15) is 12.2 Å². The van der Waals surface area contributed by atoms with Crippen molar-refractivity contribution in [2.45, 2.75) is 120 Å². The molecule has 0 amide bonds. The molecular weight excluding hydrogens is 520 g/mol. The number of rotatable bonds is 0. The molecule has 4 aromatic rings. The second-order valence-corrected chi connectivity index (χ2v) is 13.4. The first-order chi connectivity index (χ1) is 18.4. The molecule has 0 bridgehead atoms. The molecule has 0 atom stereocenters. The summed E-state index contributed by atoms with van der Waals surface area (Å²) in [6.07, 6.45) is 13.8. The molecular formula is C34H56N8. The van der Waals surface area contributed by atoms with Gasteiger partial charge in [0.05, 0.1) is 11.4 Å². The zero-order valence-electron chi connectivity index (χ0n) is 26.5. The highest BCUT2D eigenvalue weighted by molar-refractivity contribution is 5.10. The minimum absolute atomic E-state index is 0. The Balaban J connectivity index is 0. The fraction of sp³-hybridized carbons (Fsp3) is 0.529. The first kappa shape index (κ1) is 40.5. The van der Waals surface area contributed by atoms with Crippen LogP contribution in [0.15, 0.2) is 74.0 Å². The number of hydrogen-bond donors (Lipinski definition) is 0. The van der Waals surface area contributed by atoms with E-state index >= 15 is 0 Å². The third-order valence-corrected chi connectivity index (χ3v) is 5.26. The van der Waals surface area contributed by atoms with E-state index in [1.165, 1.54) is 0 Å². The maximum Gasteiger partial charge on any atom is 0.133 e. The Morgan fingerprint density at radius 3 is 1.31 bits per heavy atom. The van der Waals surface area contributed by atoms with Gasteiger partial charge in [-0.05, 0) is 24.3 Å². The molecule has 232 valence electrons. The molecule has 0 fully saturated rings. The second kappa shape index (κ2) is 18.0. The molecule has 0 aliphatic rings. The van der Waals surface area contributed by atoms with Gasteiger partial charge in [-0.1, -0.05) is 97.9 Å². The van der Waals surface area contributed by atoms with E-state index in [9.17, 15) is 0 Å². The zero-order valence-corrected chi connectivity index (χ0v) is 26.5. The number of aromatic nitrogens is 8. The van der Waals surface area contributed by atoms with E-state index in [4.69, 9.17) is 0 Å². The minimum atomic E-state index is 0. The summed E-state index contributed by atoms with van der Waals surface area (Å²) in [6, 6.07) is 7.68. The summed E-state index contributed by atoms with van der Waals surface area (Å²) < 4.78 is 0. The van der Waals surface area contributed by atoms with Crippen LogP contribution in [0, 0.1) is 0 Å². The third kappa shape index (κ3) is 16.6. The predicted octanol–water partition coefficient (Wildman–Crippen LogP) is 8.37. The molecule has 0 saturated heterocycles. The molecule has 42 heavy (non-hydrogen) atoms. The lowest BCUT2D eigenvalue weighted by Gasteiger charge is -2.16. The van der Waals surface area contributed by atoms with Crippen molar-refractivity contribution in [2.24, 2.45) is 0 Å². The summed E-state index contributed by atoms with van der Waals surface area (Å²) in [4.78, 5) is 24.4. The van der Waals surface area contributed by atoms with Crippen molar-refractivity contribution in [3.05, 3.63) is 96.9 Å². The molecule has 4 heterocycles. The van der Waals surface area contributed by atoms with Crippen LogP contribution in [0.5, 0.6) is 0 Å². The van der Waals surface area contributed by atoms with Gasteiger partial charge in [-0.3, -0.25) is 9.97 Å². The van der Waals surface area contributed by atoms with Gasteiger partial charge < -0.3 is 0 Å². The van der Waals surface area contributed by atoms with Gasteiger partial charge in [0.15, 0.2) is 0 Å². The Morgan fingerprint density at radius 2 is 1.02 bits per heavy atom. The lowest BCUT2D eigenvalue weighted by molar-refractivity contribution is 0.545. The van der Waals surface area contributed by atoms with Crippen molar-refractivity contribution in [3.8, 4) is 0 Å². The Labute approximate surface area is 256 Å². The SMILES string of the molecule is C.C.CC(C)(C)c1cccnn1.CC(C)(C)c1ccncn1.CC(C)(C)c1cnccn1.CC(C)(C)c1ncccn1. The van der Waals surface area contributed by atoms with Crippen LogP contribution >= 0.6 is 0 Å². The van der Waals surface area contributed by atoms with Gasteiger partial charge in [0.2, 0.25) is 0 Å². The van der Waals surface area contributed by atoms with Crippen molar-refractivity contribution in [2.75, 3.05) is 0 Å². The van der Waals surface area contributed by atoms with E-state index in [0.29, 0.717) is 0 Å². The van der Waals surface area contributed by atoms with Crippen LogP contribution in [-0.4, -0.2) is 40.1 Å². The summed E-state index contributed by atoms with van der Waals surface area (Å²) in [5, 5.41) is 7.80. The largest absolute Gasteiger partial charge is 0.261 e. The Morgan fingerprint density at radius 1 is 0.452 bits per heavy atom. The summed E-state index contributed by atoms with van der Waals surface area (Å²) in [5.41, 5.74) is 3.61. The van der Waals surface area contributed by atoms with Gasteiger partial charge >= 0.3 is 0 Å². The van der Waals surface area contributed by atoms with Gasteiger partial charge in [-0.15, -0.1) is 0 Å². The smallest absolute Gasteiger partial charge is 0.133 e. The monoisotopic (exact) mass is 576 g/mol. The van der Waals surface area contributed by atoms with Crippen LogP contribution < -0.4 is 0 Å². The number of nitrogens with zero attached hydrogens (tertiary/aromatic N) is 8. The van der Waals surface area contributed by atoms with E-state index in [2.05, 4.69) is 123 Å². The van der Waals surface area contributed by atoms with E-state index < -0.39 is 0 Å². The van der Waals surface area contributed by atoms with Crippen molar-refractivity contribution in [1.82, 2.24) is 40.1 Å². The highest BCUT2D eigenvalue weighted by atomic mass is 15.1. The molecule has 0 aliphatic carbocycles. The quantitative estimate of drug-likeness (QED) is 0.206. The van der Waals surface area contributed by atoms with E-state index in [-0.39, 0.29) is 36.5 Å². The number of hydrogen-bond acceptors (Lipinski definition) is 8. The van der Waals surface area contributed by atoms with E-state index in [1.54, 1.807) is 49.7 Å². The van der Waals surface area contributed by atoms with E-state index in [1.807, 2.05) is 24.3 Å². The van der Waals surface area contributed by atoms with E-state index in [0.717, 1.165) is 22.9 Å². The molecule has 0 unspecified atom stereocenters. The average Bonchev–Trinajstić information content (AvgIpc) is 2.90. The van der Waals surface area contributed by atoms with Gasteiger partial charge in [-0.25, -0.2) is 19.9 Å². The Kier molecular flexibility index (Phi) is 17.3. The minimum Gasteiger partial charge on any atom is -0.261 e. The molecule has 0 radical (unpaired) electrons. The molecule has 4 aromatic heterocycles. The zero-order chi connectivity index (χ0) is 30.5. The Bertz CT molecular complexity index is 992. The molecule has 0 aliphatic heterocycles. The van der Waals surface area contributed by atoms with Gasteiger partial charge in [-0.2, -0.15) is 10.2 Å². The first-order valence-electron chi connectivity index (χ1n) is 13.5. The summed E-state index contributed by atoms with van der Waals surface area (Å²) in [5.74, 6) is 0.898. The fourth-order valence-electron chi connectivity index (χ4n) is 2.81.